The number of hydrogen-bond donors (Lipinski definition) is 4. The molecule has 5 N–H and O–H groups in total. The lowest BCUT2D eigenvalue weighted by molar-refractivity contribution is -0.0588. The molecule has 1 saturated heterocycles. The Kier molecular flexibility index (Phi) is 3.57. The molecule has 2 rings (SSSR count). The van der Waals surface area contributed by atoms with Crippen molar-refractivity contribution in [1.29, 1.82) is 0 Å². The van der Waals surface area contributed by atoms with Crippen LogP contribution < -0.4 is 10.5 Å². The van der Waals surface area contributed by atoms with Gasteiger partial charge in [0.05, 0.1) is 11.8 Å². The van der Waals surface area contributed by atoms with Crippen molar-refractivity contribution >= 4 is 15.8 Å². The molecular formula is C9H16N4O4S. The third-order valence-electron chi connectivity index (χ3n) is 2.94. The molecule has 18 heavy (non-hydrogen) atoms. The first-order valence-corrected chi connectivity index (χ1v) is 7.00. The highest BCUT2D eigenvalue weighted by molar-refractivity contribution is 7.89. The molecule has 0 radical (unpaired) electrons. The second-order valence-corrected chi connectivity index (χ2v) is 6.04. The second-order valence-electron chi connectivity index (χ2n) is 4.31. The predicted octanol–water partition coefficient (Wildman–Crippen LogP) is -1.19. The summed E-state index contributed by atoms with van der Waals surface area (Å²) in [6.45, 7) is 0.779. The third kappa shape index (κ3) is 2.80. The van der Waals surface area contributed by atoms with Gasteiger partial charge in [-0.15, -0.1) is 0 Å². The number of hydrogen-bond acceptors (Lipinski definition) is 6. The lowest BCUT2D eigenvalue weighted by Crippen LogP contribution is -2.46. The van der Waals surface area contributed by atoms with E-state index in [0.29, 0.717) is 26.1 Å². The molecule has 0 atom stereocenters. The maximum atomic E-state index is 11.9. The minimum absolute atomic E-state index is 0.0264. The van der Waals surface area contributed by atoms with Crippen molar-refractivity contribution in [3.8, 4) is 0 Å². The molecule has 0 unspecified atom stereocenters. The molecule has 0 saturated carbocycles. The zero-order chi connectivity index (χ0) is 13.2. The topological polar surface area (TPSA) is 130 Å². The molecule has 2 heterocycles. The quantitative estimate of drug-likeness (QED) is 0.547. The van der Waals surface area contributed by atoms with E-state index in [9.17, 15) is 13.5 Å². The number of nitrogen functional groups attached to an aromatic ring is 1. The smallest absolute Gasteiger partial charge is 0.245 e. The fourth-order valence-corrected chi connectivity index (χ4v) is 2.88. The molecule has 1 fully saturated rings. The fraction of sp³-hybridized carbons (Fsp3) is 0.667. The van der Waals surface area contributed by atoms with Crippen LogP contribution in [0, 0.1) is 0 Å². The van der Waals surface area contributed by atoms with Crippen molar-refractivity contribution in [2.24, 2.45) is 0 Å². The van der Waals surface area contributed by atoms with Crippen LogP contribution in [0.25, 0.3) is 0 Å². The number of nitrogens with zero attached hydrogens (tertiary/aromatic N) is 1. The summed E-state index contributed by atoms with van der Waals surface area (Å²) in [5.41, 5.74) is 4.38. The highest BCUT2D eigenvalue weighted by atomic mass is 32.2. The van der Waals surface area contributed by atoms with Gasteiger partial charge in [-0.1, -0.05) is 0 Å². The Morgan fingerprint density at radius 2 is 2.22 bits per heavy atom. The minimum Gasteiger partial charge on any atom is -0.388 e. The zero-order valence-corrected chi connectivity index (χ0v) is 10.5. The van der Waals surface area contributed by atoms with Crippen LogP contribution in [0.5, 0.6) is 0 Å². The summed E-state index contributed by atoms with van der Waals surface area (Å²) in [7, 11) is -3.75. The number of aliphatic hydroxyl groups is 1. The number of H-pyrrole nitrogens is 1. The number of nitrogens with one attached hydrogen (secondary N) is 2. The van der Waals surface area contributed by atoms with Gasteiger partial charge in [0, 0.05) is 32.6 Å². The maximum absolute atomic E-state index is 11.9. The molecule has 0 bridgehead atoms. The van der Waals surface area contributed by atoms with Crippen LogP contribution in [-0.4, -0.2) is 49.1 Å². The maximum Gasteiger partial charge on any atom is 0.245 e. The van der Waals surface area contributed by atoms with Crippen molar-refractivity contribution in [2.75, 3.05) is 25.5 Å². The van der Waals surface area contributed by atoms with Gasteiger partial charge < -0.3 is 15.6 Å². The van der Waals surface area contributed by atoms with Gasteiger partial charge in [0.2, 0.25) is 10.0 Å². The average molecular weight is 276 g/mol. The molecule has 1 aliphatic heterocycles. The Labute approximate surface area is 105 Å². The lowest BCUT2D eigenvalue weighted by Gasteiger charge is -2.31. The summed E-state index contributed by atoms with van der Waals surface area (Å²) in [6, 6.07) is 0. The molecule has 0 amide bonds. The van der Waals surface area contributed by atoms with E-state index in [0.717, 1.165) is 6.20 Å². The number of ether oxygens (including phenoxy) is 1. The van der Waals surface area contributed by atoms with Gasteiger partial charge in [0.15, 0.2) is 0 Å². The number of anilines is 1. The van der Waals surface area contributed by atoms with E-state index in [1.807, 2.05) is 0 Å². The van der Waals surface area contributed by atoms with E-state index in [4.69, 9.17) is 10.5 Å². The lowest BCUT2D eigenvalue weighted by atomic mass is 9.95. The second kappa shape index (κ2) is 4.84. The SMILES string of the molecule is Nc1[nH]ncc1S(=O)(=O)NCC1(O)CCOCC1. The molecule has 1 aromatic rings. The number of aromatic nitrogens is 2. The van der Waals surface area contributed by atoms with Crippen molar-refractivity contribution < 1.29 is 18.3 Å². The summed E-state index contributed by atoms with van der Waals surface area (Å²) in [5, 5.41) is 16.0. The van der Waals surface area contributed by atoms with Gasteiger partial charge in [-0.3, -0.25) is 5.10 Å². The monoisotopic (exact) mass is 276 g/mol. The molecule has 9 heteroatoms. The van der Waals surface area contributed by atoms with E-state index in [2.05, 4.69) is 14.9 Å². The van der Waals surface area contributed by atoms with Gasteiger partial charge in [-0.2, -0.15) is 5.10 Å². The van der Waals surface area contributed by atoms with E-state index in [1.165, 1.54) is 0 Å². The Balaban J connectivity index is 2.03. The largest absolute Gasteiger partial charge is 0.388 e. The number of rotatable bonds is 4. The van der Waals surface area contributed by atoms with Crippen molar-refractivity contribution in [2.45, 2.75) is 23.3 Å². The van der Waals surface area contributed by atoms with Gasteiger partial charge in [0.25, 0.3) is 0 Å². The van der Waals surface area contributed by atoms with Crippen LogP contribution in [0.1, 0.15) is 12.8 Å². The van der Waals surface area contributed by atoms with Crippen LogP contribution in [0.3, 0.4) is 0 Å². The molecule has 102 valence electrons. The standard InChI is InChI=1S/C9H16N4O4S/c10-8-7(5-11-13-8)18(15,16)12-6-9(14)1-3-17-4-2-9/h5,12,14H,1-4,6H2,(H3,10,11,13). The highest BCUT2D eigenvalue weighted by Crippen LogP contribution is 2.21. The Morgan fingerprint density at radius 1 is 1.56 bits per heavy atom. The highest BCUT2D eigenvalue weighted by Gasteiger charge is 2.32. The first-order chi connectivity index (χ1) is 8.43. The summed E-state index contributed by atoms with van der Waals surface area (Å²) >= 11 is 0. The number of aromatic amines is 1. The number of nitrogens with two attached hydrogens (primary N) is 1. The first kappa shape index (κ1) is 13.3. The van der Waals surface area contributed by atoms with E-state index in [1.54, 1.807) is 0 Å². The summed E-state index contributed by atoms with van der Waals surface area (Å²) in [6.07, 6.45) is 1.93. The fourth-order valence-electron chi connectivity index (χ4n) is 1.73. The van der Waals surface area contributed by atoms with Crippen molar-refractivity contribution in [1.82, 2.24) is 14.9 Å². The third-order valence-corrected chi connectivity index (χ3v) is 4.37. The summed E-state index contributed by atoms with van der Waals surface area (Å²) in [5.74, 6) is -0.0264. The Hall–Kier alpha value is -1.16. The minimum atomic E-state index is -3.75. The number of sulfonamides is 1. The van der Waals surface area contributed by atoms with Crippen molar-refractivity contribution in [3.63, 3.8) is 0 Å². The normalized spacial score (nSPS) is 19.8. The Morgan fingerprint density at radius 3 is 2.78 bits per heavy atom. The van der Waals surface area contributed by atoms with E-state index >= 15 is 0 Å². The van der Waals surface area contributed by atoms with E-state index < -0.39 is 15.6 Å². The molecule has 0 aromatic carbocycles. The van der Waals surface area contributed by atoms with E-state index in [-0.39, 0.29) is 17.3 Å². The predicted molar refractivity (Wildman–Crippen MR) is 63.2 cm³/mol. The van der Waals surface area contributed by atoms with Gasteiger partial charge in [-0.05, 0) is 0 Å². The van der Waals surface area contributed by atoms with Gasteiger partial charge in [-0.25, -0.2) is 13.1 Å². The molecule has 8 nitrogen and oxygen atoms in total. The molecule has 0 aliphatic carbocycles. The van der Waals surface area contributed by atoms with Crippen LogP contribution in [0.15, 0.2) is 11.1 Å². The van der Waals surface area contributed by atoms with Crippen LogP contribution in [0.2, 0.25) is 0 Å². The average Bonchev–Trinajstić information content (AvgIpc) is 2.75. The molecule has 1 aliphatic rings. The zero-order valence-electron chi connectivity index (χ0n) is 9.72. The van der Waals surface area contributed by atoms with Crippen LogP contribution in [-0.2, 0) is 14.8 Å². The van der Waals surface area contributed by atoms with Crippen LogP contribution in [0.4, 0.5) is 5.82 Å². The van der Waals surface area contributed by atoms with Gasteiger partial charge in [0.1, 0.15) is 10.7 Å². The molecule has 0 spiro atoms. The van der Waals surface area contributed by atoms with Gasteiger partial charge >= 0.3 is 0 Å². The first-order valence-electron chi connectivity index (χ1n) is 5.52. The molecule has 1 aromatic heterocycles. The Bertz CT molecular complexity index is 506. The summed E-state index contributed by atoms with van der Waals surface area (Å²) in [4.78, 5) is -0.113. The van der Waals surface area contributed by atoms with Crippen LogP contribution >= 0.6 is 0 Å². The summed E-state index contributed by atoms with van der Waals surface area (Å²) < 4.78 is 31.3. The van der Waals surface area contributed by atoms with Crippen molar-refractivity contribution in [3.05, 3.63) is 6.20 Å². The molecular weight excluding hydrogens is 260 g/mol.